The number of morpholine rings is 1. The molecule has 1 unspecified atom stereocenters. The molecule has 11 nitrogen and oxygen atoms in total. The van der Waals surface area contributed by atoms with Crippen LogP contribution in [0.2, 0.25) is 0 Å². The molecule has 2 aliphatic rings. The van der Waals surface area contributed by atoms with Gasteiger partial charge in [-0.2, -0.15) is 0 Å². The molecule has 4 heterocycles. The smallest absolute Gasteiger partial charge is 0.323 e. The van der Waals surface area contributed by atoms with E-state index in [2.05, 4.69) is 15.5 Å². The maximum atomic E-state index is 12.7. The zero-order valence-corrected chi connectivity index (χ0v) is 24.6. The van der Waals surface area contributed by atoms with Gasteiger partial charge in [0.05, 0.1) is 25.0 Å². The molecule has 11 heteroatoms. The average molecular weight is 604 g/mol. The number of hydrogen-bond acceptors (Lipinski definition) is 8. The Hall–Kier alpha value is -5.26. The van der Waals surface area contributed by atoms with Crippen LogP contribution in [-0.4, -0.2) is 72.2 Å². The second kappa shape index (κ2) is 12.4. The predicted molar refractivity (Wildman–Crippen MR) is 173 cm³/mol. The summed E-state index contributed by atoms with van der Waals surface area (Å²) in [7, 11) is 0. The number of furan rings is 1. The molecule has 2 fully saturated rings. The summed E-state index contributed by atoms with van der Waals surface area (Å²) in [5.74, 6) is 2.17. The minimum Gasteiger partial charge on any atom is -0.464 e. The van der Waals surface area contributed by atoms with Gasteiger partial charge in [-0.15, -0.1) is 0 Å². The number of carbonyl (C=O) groups excluding carboxylic acids is 2. The highest BCUT2D eigenvalue weighted by atomic mass is 16.5. The number of aromatic nitrogens is 2. The molecule has 4 N–H and O–H groups in total. The largest absolute Gasteiger partial charge is 0.464 e. The standard InChI is InChI=1S/C34H33N7O4/c35-25-13-14-41(21-25)33(42)23-5-10-27(11-6-23)37-34(43)36-26-8-3-22(4-9-26)31-38-29-20-24(30-2-1-17-45-30)7-12-28(29)32(39-31)40-15-18-44-19-16-40/h1-12,17,20,25H,13-16,18-19,21,35H2,(H2,36,37,43). The average Bonchev–Trinajstić information content (AvgIpc) is 3.77. The molecule has 0 bridgehead atoms. The Labute approximate surface area is 260 Å². The fourth-order valence-electron chi connectivity index (χ4n) is 5.70. The number of benzene rings is 3. The number of fused-ring (bicyclic) bond motifs is 1. The molecule has 1 atom stereocenters. The van der Waals surface area contributed by atoms with Crippen LogP contribution in [0.4, 0.5) is 22.0 Å². The molecular weight excluding hydrogens is 570 g/mol. The van der Waals surface area contributed by atoms with Crippen LogP contribution >= 0.6 is 0 Å². The zero-order valence-electron chi connectivity index (χ0n) is 24.6. The number of nitrogens with two attached hydrogens (primary N) is 1. The van der Waals surface area contributed by atoms with Gasteiger partial charge < -0.3 is 35.3 Å². The Morgan fingerprint density at radius 2 is 1.56 bits per heavy atom. The van der Waals surface area contributed by atoms with Crippen LogP contribution in [0.1, 0.15) is 16.8 Å². The minimum atomic E-state index is -0.394. The van der Waals surface area contributed by atoms with E-state index in [-0.39, 0.29) is 11.9 Å². The van der Waals surface area contributed by atoms with E-state index in [9.17, 15) is 9.59 Å². The number of anilines is 3. The van der Waals surface area contributed by atoms with Gasteiger partial charge in [-0.1, -0.05) is 6.07 Å². The number of likely N-dealkylation sites (tertiary alicyclic amines) is 1. The summed E-state index contributed by atoms with van der Waals surface area (Å²) >= 11 is 0. The minimum absolute atomic E-state index is 0.0290. The third-order valence-corrected chi connectivity index (χ3v) is 8.10. The van der Waals surface area contributed by atoms with E-state index in [1.54, 1.807) is 35.4 Å². The lowest BCUT2D eigenvalue weighted by Crippen LogP contribution is -2.37. The van der Waals surface area contributed by atoms with Gasteiger partial charge in [0.1, 0.15) is 11.6 Å². The van der Waals surface area contributed by atoms with Crippen LogP contribution in [0.25, 0.3) is 33.6 Å². The number of urea groups is 1. The molecule has 0 saturated carbocycles. The zero-order chi connectivity index (χ0) is 30.8. The topological polar surface area (TPSA) is 139 Å². The van der Waals surface area contributed by atoms with Gasteiger partial charge in [0, 0.05) is 65.7 Å². The number of nitrogens with zero attached hydrogens (tertiary/aromatic N) is 4. The SMILES string of the molecule is NC1CCN(C(=O)c2ccc(NC(=O)Nc3ccc(-c4nc(N5CCOCC5)c5ccc(-c6ccco6)cc5n4)cc3)cc2)C1. The molecule has 3 aromatic carbocycles. The second-order valence-corrected chi connectivity index (χ2v) is 11.2. The van der Waals surface area contributed by atoms with E-state index >= 15 is 0 Å². The first-order valence-electron chi connectivity index (χ1n) is 15.0. The number of hydrogen-bond donors (Lipinski definition) is 3. The van der Waals surface area contributed by atoms with E-state index in [4.69, 9.17) is 24.9 Å². The summed E-state index contributed by atoms with van der Waals surface area (Å²) in [6.07, 6.45) is 2.47. The number of amides is 3. The highest BCUT2D eigenvalue weighted by Crippen LogP contribution is 2.32. The van der Waals surface area contributed by atoms with Crippen molar-refractivity contribution in [3.8, 4) is 22.7 Å². The normalized spacial score (nSPS) is 16.6. The lowest BCUT2D eigenvalue weighted by molar-refractivity contribution is 0.0791. The second-order valence-electron chi connectivity index (χ2n) is 11.2. The van der Waals surface area contributed by atoms with E-state index in [1.165, 1.54) is 0 Å². The highest BCUT2D eigenvalue weighted by Gasteiger charge is 2.24. The number of rotatable bonds is 6. The van der Waals surface area contributed by atoms with Crippen molar-refractivity contribution in [2.75, 3.05) is 54.9 Å². The van der Waals surface area contributed by atoms with Crippen molar-refractivity contribution in [3.05, 3.63) is 90.7 Å². The van der Waals surface area contributed by atoms with Crippen molar-refractivity contribution in [1.29, 1.82) is 0 Å². The van der Waals surface area contributed by atoms with Crippen LogP contribution in [-0.2, 0) is 4.74 Å². The lowest BCUT2D eigenvalue weighted by atomic mass is 10.1. The third kappa shape index (κ3) is 6.21. The molecule has 0 spiro atoms. The van der Waals surface area contributed by atoms with Gasteiger partial charge in [0.15, 0.2) is 5.82 Å². The van der Waals surface area contributed by atoms with Crippen LogP contribution < -0.4 is 21.3 Å². The molecule has 228 valence electrons. The van der Waals surface area contributed by atoms with Gasteiger partial charge in [0.25, 0.3) is 5.91 Å². The van der Waals surface area contributed by atoms with Gasteiger partial charge >= 0.3 is 6.03 Å². The Bertz CT molecular complexity index is 1820. The first kappa shape index (κ1) is 28.5. The van der Waals surface area contributed by atoms with Crippen LogP contribution in [0, 0.1) is 0 Å². The fraction of sp³-hybridized carbons (Fsp3) is 0.235. The van der Waals surface area contributed by atoms with Crippen molar-refractivity contribution < 1.29 is 18.7 Å². The van der Waals surface area contributed by atoms with Crippen LogP contribution in [0.3, 0.4) is 0 Å². The molecule has 0 radical (unpaired) electrons. The van der Waals surface area contributed by atoms with E-state index in [1.807, 2.05) is 54.6 Å². The van der Waals surface area contributed by atoms with Crippen molar-refractivity contribution >= 4 is 40.0 Å². The first-order chi connectivity index (χ1) is 22.0. The molecule has 7 rings (SSSR count). The highest BCUT2D eigenvalue weighted by molar-refractivity contribution is 6.01. The summed E-state index contributed by atoms with van der Waals surface area (Å²) in [4.78, 5) is 39.3. The summed E-state index contributed by atoms with van der Waals surface area (Å²) in [5.41, 5.74) is 10.3. The van der Waals surface area contributed by atoms with Gasteiger partial charge in [-0.25, -0.2) is 14.8 Å². The summed E-state index contributed by atoms with van der Waals surface area (Å²) < 4.78 is 11.2. The maximum absolute atomic E-state index is 12.7. The molecule has 5 aromatic rings. The fourth-order valence-corrected chi connectivity index (χ4v) is 5.70. The van der Waals surface area contributed by atoms with E-state index < -0.39 is 6.03 Å². The number of carbonyl (C=O) groups is 2. The number of nitrogens with one attached hydrogen (secondary N) is 2. The molecular formula is C34H33N7O4. The first-order valence-corrected chi connectivity index (χ1v) is 15.0. The monoisotopic (exact) mass is 603 g/mol. The quantitative estimate of drug-likeness (QED) is 0.240. The predicted octanol–water partition coefficient (Wildman–Crippen LogP) is 5.21. The molecule has 2 aliphatic heterocycles. The molecule has 3 amide bonds. The van der Waals surface area contributed by atoms with Crippen LogP contribution in [0.15, 0.2) is 89.5 Å². The van der Waals surface area contributed by atoms with Gasteiger partial charge in [0.2, 0.25) is 0 Å². The third-order valence-electron chi connectivity index (χ3n) is 8.10. The van der Waals surface area contributed by atoms with Crippen LogP contribution in [0.5, 0.6) is 0 Å². The van der Waals surface area contributed by atoms with Crippen molar-refractivity contribution in [2.45, 2.75) is 12.5 Å². The number of ether oxygens (including phenoxy) is 1. The summed E-state index contributed by atoms with van der Waals surface area (Å²) in [6, 6.07) is 23.8. The van der Waals surface area contributed by atoms with E-state index in [0.717, 1.165) is 53.1 Å². The van der Waals surface area contributed by atoms with Crippen molar-refractivity contribution in [1.82, 2.24) is 14.9 Å². The Morgan fingerprint density at radius 3 is 2.22 bits per heavy atom. The van der Waals surface area contributed by atoms with E-state index in [0.29, 0.717) is 49.1 Å². The van der Waals surface area contributed by atoms with Crippen molar-refractivity contribution in [2.24, 2.45) is 5.73 Å². The summed E-state index contributed by atoms with van der Waals surface area (Å²) in [5, 5.41) is 6.64. The van der Waals surface area contributed by atoms with Crippen molar-refractivity contribution in [3.63, 3.8) is 0 Å². The Balaban J connectivity index is 1.07. The summed E-state index contributed by atoms with van der Waals surface area (Å²) in [6.45, 7) is 4.00. The van der Waals surface area contributed by atoms with Gasteiger partial charge in [-0.3, -0.25) is 4.79 Å². The molecule has 2 aromatic heterocycles. The maximum Gasteiger partial charge on any atom is 0.323 e. The molecule has 0 aliphatic carbocycles. The molecule has 2 saturated heterocycles. The Kier molecular flexibility index (Phi) is 7.85. The Morgan fingerprint density at radius 1 is 0.844 bits per heavy atom. The van der Waals surface area contributed by atoms with Gasteiger partial charge in [-0.05, 0) is 79.2 Å². The lowest BCUT2D eigenvalue weighted by Gasteiger charge is -2.29. The molecule has 45 heavy (non-hydrogen) atoms.